The van der Waals surface area contributed by atoms with E-state index in [1.165, 1.54) is 12.5 Å². The molecule has 0 spiro atoms. The molecule has 1 saturated carbocycles. The standard InChI is InChI=1S/C18H21N5O4Si/c19-17-20-7-13-16(22-17)23(10-21-13)15-6-14(28-26)12(18(15,24)25)9-27-8-11-4-2-1-3-5-11/h1-5,7,10,12,14-15,24-26H,6,8-9H2,(H2,19,20,22)/q-1/t12-,14+,15+/m1/s1. The first-order valence-electron chi connectivity index (χ1n) is 8.91. The van der Waals surface area contributed by atoms with Crippen LogP contribution in [0.5, 0.6) is 0 Å². The van der Waals surface area contributed by atoms with Gasteiger partial charge in [0.25, 0.3) is 0 Å². The zero-order valence-electron chi connectivity index (χ0n) is 15.0. The number of imidazole rings is 1. The lowest BCUT2D eigenvalue weighted by molar-refractivity contribution is -0.218. The first-order chi connectivity index (χ1) is 13.5. The van der Waals surface area contributed by atoms with Gasteiger partial charge in [-0.15, -0.1) is 0 Å². The Morgan fingerprint density at radius 1 is 1.25 bits per heavy atom. The maximum Gasteiger partial charge on any atom is 0.222 e. The Kier molecular flexibility index (Phi) is 5.12. The molecule has 147 valence electrons. The molecule has 3 aromatic rings. The van der Waals surface area contributed by atoms with Gasteiger partial charge < -0.3 is 30.0 Å². The molecule has 1 fully saturated rings. The van der Waals surface area contributed by atoms with Gasteiger partial charge in [-0.2, -0.15) is 10.5 Å². The fourth-order valence-electron chi connectivity index (χ4n) is 3.77. The first kappa shape index (κ1) is 19.0. The molecule has 4 rings (SSSR count). The number of nitrogen functional groups attached to an aromatic ring is 1. The summed E-state index contributed by atoms with van der Waals surface area (Å²) < 4.78 is 7.34. The van der Waals surface area contributed by atoms with E-state index in [1.54, 1.807) is 4.57 Å². The second kappa shape index (κ2) is 7.57. The first-order valence-corrected chi connectivity index (χ1v) is 9.94. The van der Waals surface area contributed by atoms with Crippen LogP contribution in [0.3, 0.4) is 0 Å². The van der Waals surface area contributed by atoms with Gasteiger partial charge in [0.1, 0.15) is 5.52 Å². The fraction of sp³-hybridized carbons (Fsp3) is 0.389. The van der Waals surface area contributed by atoms with Crippen molar-refractivity contribution in [3.05, 3.63) is 48.4 Å². The third-order valence-electron chi connectivity index (χ3n) is 5.24. The molecule has 2 aromatic heterocycles. The van der Waals surface area contributed by atoms with Gasteiger partial charge >= 0.3 is 0 Å². The lowest BCUT2D eigenvalue weighted by Crippen LogP contribution is -2.43. The van der Waals surface area contributed by atoms with E-state index in [4.69, 9.17) is 10.5 Å². The molecule has 1 aliphatic rings. The monoisotopic (exact) mass is 399 g/mol. The molecule has 0 bridgehead atoms. The van der Waals surface area contributed by atoms with E-state index >= 15 is 0 Å². The maximum absolute atomic E-state index is 11.0. The topological polar surface area (TPSA) is 140 Å². The number of nitrogens with two attached hydrogens (primary N) is 1. The van der Waals surface area contributed by atoms with Crippen LogP contribution < -0.4 is 5.73 Å². The molecule has 28 heavy (non-hydrogen) atoms. The number of anilines is 1. The number of nitrogens with zero attached hydrogens (tertiary/aromatic N) is 4. The lowest BCUT2D eigenvalue weighted by atomic mass is 10.0. The van der Waals surface area contributed by atoms with E-state index in [0.717, 1.165) is 5.56 Å². The van der Waals surface area contributed by atoms with E-state index in [-0.39, 0.29) is 18.1 Å². The minimum absolute atomic E-state index is 0.0806. The zero-order chi connectivity index (χ0) is 19.7. The SMILES string of the molecule is Nc1ncc2ncn([C@H]3C[C@H]([Si-]O)[C@@H](COCc4ccccc4)C3(O)O)c2n1. The third kappa shape index (κ3) is 3.40. The molecule has 0 amide bonds. The number of rotatable bonds is 6. The van der Waals surface area contributed by atoms with Gasteiger partial charge in [-0.3, -0.25) is 9.76 Å². The van der Waals surface area contributed by atoms with Crippen molar-refractivity contribution in [2.45, 2.75) is 30.4 Å². The van der Waals surface area contributed by atoms with Gasteiger partial charge in [-0.05, 0) is 5.56 Å². The molecule has 0 saturated heterocycles. The van der Waals surface area contributed by atoms with E-state index in [9.17, 15) is 15.0 Å². The highest BCUT2D eigenvalue weighted by molar-refractivity contribution is 6.28. The number of hydrogen-bond donors (Lipinski definition) is 4. The molecule has 3 atom stereocenters. The number of ether oxygens (including phenoxy) is 1. The van der Waals surface area contributed by atoms with Crippen LogP contribution >= 0.6 is 0 Å². The Morgan fingerprint density at radius 3 is 2.79 bits per heavy atom. The normalized spacial score (nSPS) is 24.0. The van der Waals surface area contributed by atoms with Gasteiger partial charge in [0.15, 0.2) is 11.4 Å². The maximum atomic E-state index is 11.0. The Morgan fingerprint density at radius 2 is 2.04 bits per heavy atom. The molecule has 0 unspecified atom stereocenters. The molecule has 1 aliphatic carbocycles. The van der Waals surface area contributed by atoms with Crippen molar-refractivity contribution in [2.75, 3.05) is 12.3 Å². The highest BCUT2D eigenvalue weighted by Gasteiger charge is 2.51. The molecule has 2 heterocycles. The van der Waals surface area contributed by atoms with Crippen LogP contribution in [0.25, 0.3) is 11.2 Å². The number of fused-ring (bicyclic) bond motifs is 1. The minimum Gasteiger partial charge on any atom is -0.634 e. The summed E-state index contributed by atoms with van der Waals surface area (Å²) in [5.74, 6) is -2.66. The Hall–Kier alpha value is -2.37. The van der Waals surface area contributed by atoms with Crippen LogP contribution in [0, 0.1) is 5.92 Å². The summed E-state index contributed by atoms with van der Waals surface area (Å²) >= 11 is 0. The molecule has 1 radical (unpaired) electrons. The molecule has 1 aromatic carbocycles. The van der Waals surface area contributed by atoms with Crippen molar-refractivity contribution in [3.63, 3.8) is 0 Å². The van der Waals surface area contributed by atoms with Crippen molar-refractivity contribution in [1.82, 2.24) is 19.5 Å². The van der Waals surface area contributed by atoms with E-state index in [1.807, 2.05) is 30.3 Å². The van der Waals surface area contributed by atoms with Crippen molar-refractivity contribution >= 4 is 26.9 Å². The van der Waals surface area contributed by atoms with E-state index in [2.05, 4.69) is 15.0 Å². The second-order valence-corrected chi connectivity index (χ2v) is 7.97. The van der Waals surface area contributed by atoms with Crippen LogP contribution in [0.15, 0.2) is 42.9 Å². The van der Waals surface area contributed by atoms with Crippen LogP contribution in [0.4, 0.5) is 5.95 Å². The highest BCUT2D eigenvalue weighted by atomic mass is 28.2. The summed E-state index contributed by atoms with van der Waals surface area (Å²) in [5.41, 5.74) is 7.29. The van der Waals surface area contributed by atoms with Gasteiger partial charge in [0.2, 0.25) is 5.95 Å². The van der Waals surface area contributed by atoms with Gasteiger partial charge in [-0.1, -0.05) is 36.8 Å². The van der Waals surface area contributed by atoms with Gasteiger partial charge in [0.05, 0.1) is 31.8 Å². The average Bonchev–Trinajstić information content (AvgIpc) is 3.20. The van der Waals surface area contributed by atoms with E-state index < -0.39 is 27.5 Å². The van der Waals surface area contributed by atoms with E-state index in [0.29, 0.717) is 24.2 Å². The number of hydrogen-bond acceptors (Lipinski definition) is 8. The lowest BCUT2D eigenvalue weighted by Gasteiger charge is -2.34. The molecular weight excluding hydrogens is 378 g/mol. The van der Waals surface area contributed by atoms with Crippen molar-refractivity contribution in [1.29, 1.82) is 0 Å². The summed E-state index contributed by atoms with van der Waals surface area (Å²) in [7, 11) is -0.440. The van der Waals surface area contributed by atoms with Crippen molar-refractivity contribution in [3.8, 4) is 0 Å². The number of aromatic nitrogens is 4. The summed E-state index contributed by atoms with van der Waals surface area (Å²) in [4.78, 5) is 22.1. The van der Waals surface area contributed by atoms with Crippen LogP contribution in [0.2, 0.25) is 5.54 Å². The van der Waals surface area contributed by atoms with Crippen LogP contribution in [-0.4, -0.2) is 56.7 Å². The van der Waals surface area contributed by atoms with Crippen molar-refractivity contribution < 1.29 is 19.7 Å². The summed E-state index contributed by atoms with van der Waals surface area (Å²) in [5, 5.41) is 21.9. The van der Waals surface area contributed by atoms with Crippen molar-refractivity contribution in [2.24, 2.45) is 5.92 Å². The molecule has 9 nitrogen and oxygen atoms in total. The highest BCUT2D eigenvalue weighted by Crippen LogP contribution is 2.49. The Labute approximate surface area is 163 Å². The molecule has 10 heteroatoms. The average molecular weight is 399 g/mol. The predicted octanol–water partition coefficient (Wildman–Crippen LogP) is 0.267. The molecule has 0 aliphatic heterocycles. The fourth-order valence-corrected chi connectivity index (χ4v) is 4.62. The van der Waals surface area contributed by atoms with Gasteiger partial charge in [-0.25, -0.2) is 9.97 Å². The zero-order valence-corrected chi connectivity index (χ0v) is 16.0. The Bertz CT molecular complexity index is 952. The predicted molar refractivity (Wildman–Crippen MR) is 102 cm³/mol. The summed E-state index contributed by atoms with van der Waals surface area (Å²) in [6, 6.07) is 8.91. The summed E-state index contributed by atoms with van der Waals surface area (Å²) in [6.45, 7) is 0.470. The third-order valence-corrected chi connectivity index (χ3v) is 6.21. The minimum atomic E-state index is -2.09. The number of aliphatic hydroxyl groups is 2. The van der Waals surface area contributed by atoms with Crippen LogP contribution in [-0.2, 0) is 11.3 Å². The quantitative estimate of drug-likeness (QED) is 0.342. The summed E-state index contributed by atoms with van der Waals surface area (Å²) in [6.07, 6.45) is 3.34. The van der Waals surface area contributed by atoms with Crippen LogP contribution in [0.1, 0.15) is 18.0 Å². The molecular formula is C18H21N5O4Si-. The molecule has 5 N–H and O–H groups in total. The smallest absolute Gasteiger partial charge is 0.222 e. The number of benzene rings is 1. The second-order valence-electron chi connectivity index (χ2n) is 6.97. The largest absolute Gasteiger partial charge is 0.634 e. The van der Waals surface area contributed by atoms with Gasteiger partial charge in [0, 0.05) is 5.92 Å². The Balaban J connectivity index is 1.55.